The Morgan fingerprint density at radius 2 is 2.12 bits per heavy atom. The normalized spacial score (nSPS) is 17.2. The summed E-state index contributed by atoms with van der Waals surface area (Å²) >= 11 is 0. The van der Waals surface area contributed by atoms with Crippen LogP contribution in [0.15, 0.2) is 30.3 Å². The predicted molar refractivity (Wildman–Crippen MR) is 64.5 cm³/mol. The van der Waals surface area contributed by atoms with Crippen molar-refractivity contribution >= 4 is 12.9 Å². The van der Waals surface area contributed by atoms with E-state index in [-0.39, 0.29) is 12.9 Å². The van der Waals surface area contributed by atoms with Gasteiger partial charge in [-0.05, 0) is 38.5 Å². The Labute approximate surface area is 96.5 Å². The number of carbonyl (C=O) groups excluding carboxylic acids is 1. The summed E-state index contributed by atoms with van der Waals surface area (Å²) in [5.74, 6) is -0.207. The van der Waals surface area contributed by atoms with Crippen LogP contribution in [0.5, 0.6) is 0 Å². The van der Waals surface area contributed by atoms with Crippen molar-refractivity contribution in [2.45, 2.75) is 12.7 Å². The van der Waals surface area contributed by atoms with Gasteiger partial charge in [0.15, 0.2) is 0 Å². The van der Waals surface area contributed by atoms with Crippen LogP contribution >= 0.6 is 0 Å². The maximum atomic E-state index is 11.8. The van der Waals surface area contributed by atoms with Gasteiger partial charge in [0.05, 0.1) is 5.56 Å². The lowest BCUT2D eigenvalue weighted by Crippen LogP contribution is -2.41. The quantitative estimate of drug-likeness (QED) is 0.706. The molecule has 0 saturated carbocycles. The van der Waals surface area contributed by atoms with Crippen LogP contribution in [0.2, 0.25) is 6.32 Å². The molecule has 1 aromatic rings. The van der Waals surface area contributed by atoms with Gasteiger partial charge >= 0.3 is 12.9 Å². The van der Waals surface area contributed by atoms with Crippen molar-refractivity contribution in [2.75, 3.05) is 20.0 Å². The van der Waals surface area contributed by atoms with E-state index < -0.39 is 0 Å². The van der Waals surface area contributed by atoms with E-state index in [1.165, 1.54) is 0 Å². The summed E-state index contributed by atoms with van der Waals surface area (Å²) in [4.78, 5) is 14.0. The molecule has 0 spiro atoms. The average molecular weight is 217 g/mol. The van der Waals surface area contributed by atoms with Crippen LogP contribution in [0.4, 0.5) is 0 Å². The predicted octanol–water partition coefficient (Wildman–Crippen LogP) is 1.71. The zero-order chi connectivity index (χ0) is 11.4. The number of carbonyl (C=O) groups is 1. The first-order chi connectivity index (χ1) is 7.75. The van der Waals surface area contributed by atoms with Crippen LogP contribution in [0.3, 0.4) is 0 Å². The van der Waals surface area contributed by atoms with Crippen LogP contribution in [0.1, 0.15) is 16.8 Å². The standard InChI is InChI=1S/C12H16BNO2/c1-14-9-5-8-13(10-14)16-12(15)11-6-3-2-4-7-11/h2-4,6-7H,5,8-10H2,1H3. The highest BCUT2D eigenvalue weighted by atomic mass is 16.5. The van der Waals surface area contributed by atoms with Crippen molar-refractivity contribution in [2.24, 2.45) is 0 Å². The summed E-state index contributed by atoms with van der Waals surface area (Å²) in [5.41, 5.74) is 0.635. The minimum atomic E-state index is -0.207. The van der Waals surface area contributed by atoms with Crippen molar-refractivity contribution in [3.63, 3.8) is 0 Å². The summed E-state index contributed by atoms with van der Waals surface area (Å²) in [6.07, 6.45) is 2.92. The summed E-state index contributed by atoms with van der Waals surface area (Å²) in [6.45, 7) is 1.14. The number of nitrogens with zero attached hydrogens (tertiary/aromatic N) is 1. The Bertz CT molecular complexity index is 355. The highest BCUT2D eigenvalue weighted by Crippen LogP contribution is 2.11. The third-order valence-corrected chi connectivity index (χ3v) is 2.86. The van der Waals surface area contributed by atoms with Crippen molar-refractivity contribution in [1.29, 1.82) is 0 Å². The minimum absolute atomic E-state index is 0.0476. The number of rotatable bonds is 2. The molecular weight excluding hydrogens is 201 g/mol. The lowest BCUT2D eigenvalue weighted by molar-refractivity contribution is 0.0722. The maximum absolute atomic E-state index is 11.8. The van der Waals surface area contributed by atoms with Gasteiger partial charge in [-0.3, -0.25) is 0 Å². The number of benzene rings is 1. The Balaban J connectivity index is 1.92. The molecule has 1 aliphatic heterocycles. The minimum Gasteiger partial charge on any atom is -0.531 e. The van der Waals surface area contributed by atoms with Crippen LogP contribution in [0.25, 0.3) is 0 Å². The highest BCUT2D eigenvalue weighted by molar-refractivity contribution is 6.54. The van der Waals surface area contributed by atoms with Crippen molar-refractivity contribution in [1.82, 2.24) is 4.90 Å². The summed E-state index contributed by atoms with van der Waals surface area (Å²) in [7, 11) is 2.06. The fourth-order valence-electron chi connectivity index (χ4n) is 2.01. The molecule has 3 nitrogen and oxygen atoms in total. The van der Waals surface area contributed by atoms with E-state index in [1.807, 2.05) is 18.2 Å². The zero-order valence-corrected chi connectivity index (χ0v) is 9.56. The Morgan fingerprint density at radius 1 is 1.38 bits per heavy atom. The molecule has 2 rings (SSSR count). The largest absolute Gasteiger partial charge is 0.531 e. The molecule has 16 heavy (non-hydrogen) atoms. The summed E-state index contributed by atoms with van der Waals surface area (Å²) < 4.78 is 5.47. The van der Waals surface area contributed by atoms with Crippen molar-refractivity contribution in [3.8, 4) is 0 Å². The van der Waals surface area contributed by atoms with E-state index in [0.717, 1.165) is 25.7 Å². The molecule has 1 aliphatic rings. The number of hydrogen-bond acceptors (Lipinski definition) is 3. The monoisotopic (exact) mass is 217 g/mol. The van der Waals surface area contributed by atoms with E-state index in [4.69, 9.17) is 4.65 Å². The summed E-state index contributed by atoms with van der Waals surface area (Å²) in [6, 6.07) is 9.17. The molecule has 1 aromatic carbocycles. The van der Waals surface area contributed by atoms with E-state index in [0.29, 0.717) is 5.56 Å². The average Bonchev–Trinajstić information content (AvgIpc) is 2.30. The molecule has 1 fully saturated rings. The lowest BCUT2D eigenvalue weighted by Gasteiger charge is -2.26. The smallest absolute Gasteiger partial charge is 0.376 e. The molecule has 0 N–H and O–H groups in total. The fraction of sp³-hybridized carbons (Fsp3) is 0.417. The van der Waals surface area contributed by atoms with Crippen molar-refractivity contribution in [3.05, 3.63) is 35.9 Å². The second-order valence-electron chi connectivity index (χ2n) is 4.30. The molecule has 0 aliphatic carbocycles. The van der Waals surface area contributed by atoms with Gasteiger partial charge in [0.2, 0.25) is 0 Å². The first kappa shape index (κ1) is 11.2. The van der Waals surface area contributed by atoms with Gasteiger partial charge in [-0.1, -0.05) is 18.2 Å². The fourth-order valence-corrected chi connectivity index (χ4v) is 2.01. The van der Waals surface area contributed by atoms with Gasteiger partial charge < -0.3 is 9.55 Å². The van der Waals surface area contributed by atoms with E-state index in [9.17, 15) is 4.79 Å². The van der Waals surface area contributed by atoms with Crippen LogP contribution in [-0.4, -0.2) is 37.8 Å². The third kappa shape index (κ3) is 2.86. The molecule has 84 valence electrons. The van der Waals surface area contributed by atoms with Crippen LogP contribution in [-0.2, 0) is 4.65 Å². The van der Waals surface area contributed by atoms with Gasteiger partial charge in [-0.2, -0.15) is 0 Å². The van der Waals surface area contributed by atoms with Gasteiger partial charge in [0.1, 0.15) is 0 Å². The van der Waals surface area contributed by atoms with Crippen LogP contribution < -0.4 is 0 Å². The first-order valence-corrected chi connectivity index (χ1v) is 5.70. The molecule has 1 saturated heterocycles. The zero-order valence-electron chi connectivity index (χ0n) is 9.56. The summed E-state index contributed by atoms with van der Waals surface area (Å²) in [5, 5.41) is 0. The Morgan fingerprint density at radius 3 is 2.81 bits per heavy atom. The first-order valence-electron chi connectivity index (χ1n) is 5.70. The van der Waals surface area contributed by atoms with Gasteiger partial charge in [-0.15, -0.1) is 0 Å². The van der Waals surface area contributed by atoms with Gasteiger partial charge in [0.25, 0.3) is 0 Å². The molecular formula is C12H16BNO2. The van der Waals surface area contributed by atoms with Gasteiger partial charge in [-0.25, -0.2) is 4.79 Å². The van der Waals surface area contributed by atoms with E-state index >= 15 is 0 Å². The molecule has 0 atom stereocenters. The maximum Gasteiger partial charge on any atom is 0.376 e. The molecule has 0 aromatic heterocycles. The van der Waals surface area contributed by atoms with Crippen molar-refractivity contribution < 1.29 is 9.45 Å². The van der Waals surface area contributed by atoms with Crippen LogP contribution in [0, 0.1) is 0 Å². The SMILES string of the molecule is CN1CCCB(OC(=O)c2ccccc2)C1. The Hall–Kier alpha value is -1.29. The lowest BCUT2D eigenvalue weighted by atomic mass is 9.61. The molecule has 0 amide bonds. The number of hydrogen-bond donors (Lipinski definition) is 0. The highest BCUT2D eigenvalue weighted by Gasteiger charge is 2.26. The molecule has 0 radical (unpaired) electrons. The Kier molecular flexibility index (Phi) is 3.62. The molecule has 4 heteroatoms. The topological polar surface area (TPSA) is 29.5 Å². The third-order valence-electron chi connectivity index (χ3n) is 2.86. The van der Waals surface area contributed by atoms with Gasteiger partial charge in [0, 0.05) is 6.44 Å². The van der Waals surface area contributed by atoms with E-state index in [2.05, 4.69) is 11.9 Å². The molecule has 0 bridgehead atoms. The molecule has 0 unspecified atom stereocenters. The molecule has 1 heterocycles. The second-order valence-corrected chi connectivity index (χ2v) is 4.30. The second kappa shape index (κ2) is 5.17. The van der Waals surface area contributed by atoms with E-state index in [1.54, 1.807) is 12.1 Å².